The second kappa shape index (κ2) is 7.70. The molecule has 6 rings (SSSR count). The molecular formula is C24H25FN6O. The Kier molecular flexibility index (Phi) is 4.68. The van der Waals surface area contributed by atoms with Gasteiger partial charge in [0.2, 0.25) is 0 Å². The first kappa shape index (κ1) is 19.4. The number of aromatic nitrogens is 5. The van der Waals surface area contributed by atoms with Crippen molar-refractivity contribution in [3.63, 3.8) is 0 Å². The number of anilines is 1. The van der Waals surface area contributed by atoms with Gasteiger partial charge < -0.3 is 10.4 Å². The van der Waals surface area contributed by atoms with Crippen molar-refractivity contribution < 1.29 is 9.50 Å². The van der Waals surface area contributed by atoms with Crippen molar-refractivity contribution in [2.75, 3.05) is 5.32 Å². The molecule has 0 spiro atoms. The van der Waals surface area contributed by atoms with E-state index < -0.39 is 6.17 Å². The maximum absolute atomic E-state index is 14.1. The number of alkyl halides is 1. The number of aliphatic hydroxyl groups is 1. The second-order valence-electron chi connectivity index (χ2n) is 8.79. The van der Waals surface area contributed by atoms with E-state index in [1.807, 2.05) is 51.9 Å². The Bertz CT molecular complexity index is 1280. The van der Waals surface area contributed by atoms with Crippen molar-refractivity contribution >= 4 is 11.5 Å². The van der Waals surface area contributed by atoms with E-state index in [4.69, 9.17) is 4.98 Å². The first-order valence-corrected chi connectivity index (χ1v) is 11.2. The lowest BCUT2D eigenvalue weighted by atomic mass is 10.1. The predicted molar refractivity (Wildman–Crippen MR) is 120 cm³/mol. The highest BCUT2D eigenvalue weighted by atomic mass is 19.1. The van der Waals surface area contributed by atoms with Crippen molar-refractivity contribution in [2.24, 2.45) is 0 Å². The van der Waals surface area contributed by atoms with Crippen LogP contribution in [0.15, 0.2) is 49.1 Å². The topological polar surface area (TPSA) is 80.3 Å². The number of nitrogens with zero attached hydrogens (tertiary/aromatic N) is 5. The molecule has 0 bridgehead atoms. The molecule has 4 aromatic rings. The van der Waals surface area contributed by atoms with Crippen LogP contribution in [-0.2, 0) is 6.61 Å². The van der Waals surface area contributed by atoms with E-state index in [2.05, 4.69) is 15.4 Å². The lowest BCUT2D eigenvalue weighted by molar-refractivity contribution is 0.282. The number of nitrogens with one attached hydrogen (secondary N) is 1. The Hall–Kier alpha value is -3.26. The summed E-state index contributed by atoms with van der Waals surface area (Å²) in [6.07, 6.45) is 11.5. The Morgan fingerprint density at radius 3 is 2.81 bits per heavy atom. The van der Waals surface area contributed by atoms with E-state index in [-0.39, 0.29) is 12.6 Å². The Labute approximate surface area is 184 Å². The van der Waals surface area contributed by atoms with Crippen LogP contribution in [0, 0.1) is 0 Å². The Morgan fingerprint density at radius 2 is 2.03 bits per heavy atom. The highest BCUT2D eigenvalue weighted by molar-refractivity contribution is 5.71. The van der Waals surface area contributed by atoms with Gasteiger partial charge in [-0.1, -0.05) is 6.07 Å². The van der Waals surface area contributed by atoms with Crippen molar-refractivity contribution in [3.05, 3.63) is 54.6 Å². The molecule has 0 unspecified atom stereocenters. The third-order valence-corrected chi connectivity index (χ3v) is 6.51. The van der Waals surface area contributed by atoms with Crippen LogP contribution in [0.1, 0.15) is 43.7 Å². The van der Waals surface area contributed by atoms with E-state index in [9.17, 15) is 9.50 Å². The van der Waals surface area contributed by atoms with Crippen LogP contribution in [0.5, 0.6) is 0 Å². The van der Waals surface area contributed by atoms with Gasteiger partial charge >= 0.3 is 0 Å². The van der Waals surface area contributed by atoms with Crippen LogP contribution in [0.4, 0.5) is 10.2 Å². The molecule has 7 nitrogen and oxygen atoms in total. The molecule has 164 valence electrons. The minimum Gasteiger partial charge on any atom is -0.392 e. The summed E-state index contributed by atoms with van der Waals surface area (Å²) in [7, 11) is 0. The lowest BCUT2D eigenvalue weighted by Gasteiger charge is -2.16. The van der Waals surface area contributed by atoms with Gasteiger partial charge in [-0.05, 0) is 55.9 Å². The molecule has 4 heterocycles. The number of aliphatic hydroxyl groups excluding tert-OH is 1. The fraction of sp³-hybridized carbons (Fsp3) is 0.375. The molecular weight excluding hydrogens is 407 g/mol. The van der Waals surface area contributed by atoms with Crippen molar-refractivity contribution in [1.29, 1.82) is 0 Å². The van der Waals surface area contributed by atoms with Gasteiger partial charge in [-0.3, -0.25) is 9.08 Å². The molecule has 2 aliphatic rings. The van der Waals surface area contributed by atoms with Gasteiger partial charge in [-0.15, -0.1) is 0 Å². The average molecular weight is 433 g/mol. The van der Waals surface area contributed by atoms with Gasteiger partial charge in [-0.25, -0.2) is 14.4 Å². The summed E-state index contributed by atoms with van der Waals surface area (Å²) >= 11 is 0. The number of pyridine rings is 2. The zero-order valence-electron chi connectivity index (χ0n) is 17.7. The van der Waals surface area contributed by atoms with Gasteiger partial charge in [0.25, 0.3) is 0 Å². The van der Waals surface area contributed by atoms with Crippen LogP contribution in [0.2, 0.25) is 0 Å². The summed E-state index contributed by atoms with van der Waals surface area (Å²) in [4.78, 5) is 9.28. The number of rotatable bonds is 6. The second-order valence-corrected chi connectivity index (χ2v) is 8.79. The molecule has 0 amide bonds. The van der Waals surface area contributed by atoms with Crippen molar-refractivity contribution in [2.45, 2.75) is 57.0 Å². The maximum atomic E-state index is 14.1. The number of halogens is 1. The lowest BCUT2D eigenvalue weighted by Crippen LogP contribution is -2.25. The third-order valence-electron chi connectivity index (χ3n) is 6.51. The van der Waals surface area contributed by atoms with Gasteiger partial charge in [0.05, 0.1) is 42.5 Å². The molecule has 8 heteroatoms. The van der Waals surface area contributed by atoms with E-state index in [1.54, 1.807) is 6.20 Å². The molecule has 2 N–H and O–H groups in total. The van der Waals surface area contributed by atoms with E-state index >= 15 is 0 Å². The zero-order valence-corrected chi connectivity index (χ0v) is 17.7. The molecule has 2 saturated carbocycles. The van der Waals surface area contributed by atoms with Crippen LogP contribution in [-0.4, -0.2) is 41.5 Å². The number of hydrogen-bond acceptors (Lipinski definition) is 5. The molecule has 4 aromatic heterocycles. The standard InChI is InChI=1S/C24H25FN6O/c25-19-3-1-4-20(19)28-23-6-2-5-21(29-23)22-11-26-24-9-15(14-32)18(13-30(22)24)16-10-27-31(12-16)17-7-8-17/h2,5-6,9-13,17,19-20,32H,1,3-4,7-8,14H2,(H,28,29)/t19-,20-/m0/s1. The summed E-state index contributed by atoms with van der Waals surface area (Å²) in [5.41, 5.74) is 5.04. The van der Waals surface area contributed by atoms with Crippen LogP contribution in [0.25, 0.3) is 28.2 Å². The number of imidazole rings is 1. The molecule has 0 aliphatic heterocycles. The Morgan fingerprint density at radius 1 is 1.12 bits per heavy atom. The van der Waals surface area contributed by atoms with E-state index in [1.165, 1.54) is 12.8 Å². The van der Waals surface area contributed by atoms with Gasteiger partial charge in [0.15, 0.2) is 0 Å². The first-order chi connectivity index (χ1) is 15.7. The normalized spacial score (nSPS) is 20.8. The maximum Gasteiger partial charge on any atom is 0.137 e. The van der Waals surface area contributed by atoms with Crippen molar-refractivity contribution in [1.82, 2.24) is 24.1 Å². The summed E-state index contributed by atoms with van der Waals surface area (Å²) in [5.74, 6) is 0.671. The average Bonchev–Trinajstić information content (AvgIpc) is 3.20. The third kappa shape index (κ3) is 3.44. The number of hydrogen-bond donors (Lipinski definition) is 2. The Balaban J connectivity index is 1.38. The highest BCUT2D eigenvalue weighted by Crippen LogP contribution is 2.36. The fourth-order valence-electron chi connectivity index (χ4n) is 4.58. The van der Waals surface area contributed by atoms with Crippen molar-refractivity contribution in [3.8, 4) is 22.5 Å². The van der Waals surface area contributed by atoms with E-state index in [0.717, 1.165) is 46.6 Å². The highest BCUT2D eigenvalue weighted by Gasteiger charge is 2.27. The summed E-state index contributed by atoms with van der Waals surface area (Å²) in [6.45, 7) is -0.0773. The summed E-state index contributed by atoms with van der Waals surface area (Å²) < 4.78 is 18.1. The SMILES string of the molecule is OCc1cc2ncc(-c3cccc(N[C@H]4CCC[C@@H]4F)n3)n2cc1-c1cnn(C2CC2)c1. The molecule has 2 atom stereocenters. The van der Waals surface area contributed by atoms with Crippen LogP contribution < -0.4 is 5.32 Å². The summed E-state index contributed by atoms with van der Waals surface area (Å²) in [5, 5.41) is 17.7. The summed E-state index contributed by atoms with van der Waals surface area (Å²) in [6, 6.07) is 7.95. The molecule has 2 fully saturated rings. The largest absolute Gasteiger partial charge is 0.392 e. The molecule has 32 heavy (non-hydrogen) atoms. The van der Waals surface area contributed by atoms with Crippen LogP contribution >= 0.6 is 0 Å². The van der Waals surface area contributed by atoms with E-state index in [0.29, 0.717) is 18.3 Å². The zero-order chi connectivity index (χ0) is 21.7. The monoisotopic (exact) mass is 432 g/mol. The molecule has 0 aromatic carbocycles. The van der Waals surface area contributed by atoms with Gasteiger partial charge in [0.1, 0.15) is 17.6 Å². The predicted octanol–water partition coefficient (Wildman–Crippen LogP) is 4.39. The van der Waals surface area contributed by atoms with Gasteiger partial charge in [0, 0.05) is 23.5 Å². The van der Waals surface area contributed by atoms with Gasteiger partial charge in [-0.2, -0.15) is 5.10 Å². The smallest absolute Gasteiger partial charge is 0.137 e. The quantitative estimate of drug-likeness (QED) is 0.472. The fourth-order valence-corrected chi connectivity index (χ4v) is 4.58. The minimum absolute atomic E-state index is 0.0773. The molecule has 0 radical (unpaired) electrons. The van der Waals surface area contributed by atoms with Crippen LogP contribution in [0.3, 0.4) is 0 Å². The molecule has 2 aliphatic carbocycles. The first-order valence-electron chi connectivity index (χ1n) is 11.2. The number of fused-ring (bicyclic) bond motifs is 1. The molecule has 0 saturated heterocycles. The minimum atomic E-state index is -0.827.